The molecule has 1 heterocycles. The van der Waals surface area contributed by atoms with Crippen LogP contribution in [0.1, 0.15) is 6.92 Å². The third kappa shape index (κ3) is 2.10. The Balaban J connectivity index is 2.11. The zero-order valence-electron chi connectivity index (χ0n) is 7.17. The van der Waals surface area contributed by atoms with E-state index in [9.17, 15) is 0 Å². The summed E-state index contributed by atoms with van der Waals surface area (Å²) in [4.78, 5) is 2.45. The maximum atomic E-state index is 2.45. The summed E-state index contributed by atoms with van der Waals surface area (Å²) in [7, 11) is 4.15. The molecule has 2 nitrogen and oxygen atoms in total. The first kappa shape index (κ1) is 7.73. The second-order valence-corrected chi connectivity index (χ2v) is 3.47. The highest BCUT2D eigenvalue weighted by molar-refractivity contribution is 5.53. The highest BCUT2D eigenvalue weighted by Crippen LogP contribution is 2.11. The van der Waals surface area contributed by atoms with E-state index in [0.29, 0.717) is 0 Å². The lowest BCUT2D eigenvalue weighted by Gasteiger charge is -2.35. The van der Waals surface area contributed by atoms with Gasteiger partial charge in [0.25, 0.3) is 0 Å². The van der Waals surface area contributed by atoms with Crippen molar-refractivity contribution in [3.05, 3.63) is 0 Å². The molecule has 0 unspecified atom stereocenters. The van der Waals surface area contributed by atoms with Crippen molar-refractivity contribution in [1.29, 1.82) is 0 Å². The van der Waals surface area contributed by atoms with Crippen molar-refractivity contribution in [3.63, 3.8) is 0 Å². The van der Waals surface area contributed by atoms with Crippen LogP contribution in [0.4, 0.5) is 0 Å². The summed E-state index contributed by atoms with van der Waals surface area (Å²) >= 11 is 0. The van der Waals surface area contributed by atoms with Gasteiger partial charge in [0.2, 0.25) is 0 Å². The van der Waals surface area contributed by atoms with Gasteiger partial charge in [-0.3, -0.25) is 4.90 Å². The molecule has 0 aromatic carbocycles. The summed E-state index contributed by atoms with van der Waals surface area (Å²) in [6.45, 7) is 5.98. The van der Waals surface area contributed by atoms with Gasteiger partial charge in [0.05, 0.1) is 6.54 Å². The van der Waals surface area contributed by atoms with Gasteiger partial charge in [-0.2, -0.15) is 0 Å². The number of likely N-dealkylation sites (tertiary alicyclic amines) is 1. The Morgan fingerprint density at radius 2 is 2.10 bits per heavy atom. The SMILES string of the molecule is CC1CN(CC=[N+](C)C)C1. The molecule has 1 aliphatic rings. The van der Waals surface area contributed by atoms with Gasteiger partial charge in [0, 0.05) is 13.1 Å². The van der Waals surface area contributed by atoms with Crippen LogP contribution in [-0.2, 0) is 0 Å². The highest BCUT2D eigenvalue weighted by Gasteiger charge is 2.21. The van der Waals surface area contributed by atoms with Crippen LogP contribution in [0.5, 0.6) is 0 Å². The molecule has 0 N–H and O–H groups in total. The van der Waals surface area contributed by atoms with Crippen molar-refractivity contribution in [2.75, 3.05) is 33.7 Å². The lowest BCUT2D eigenvalue weighted by molar-refractivity contribution is -0.460. The third-order valence-corrected chi connectivity index (χ3v) is 1.84. The van der Waals surface area contributed by atoms with Crippen LogP contribution < -0.4 is 0 Å². The number of nitrogens with zero attached hydrogens (tertiary/aromatic N) is 2. The predicted molar refractivity (Wildman–Crippen MR) is 43.8 cm³/mol. The van der Waals surface area contributed by atoms with E-state index < -0.39 is 0 Å². The van der Waals surface area contributed by atoms with E-state index in [1.54, 1.807) is 0 Å². The molecule has 0 aromatic heterocycles. The molecule has 1 aliphatic heterocycles. The minimum absolute atomic E-state index is 0.926. The standard InChI is InChI=1S/C8H17N2/c1-8-6-10(7-8)5-4-9(2)3/h4,8H,5-7H2,1-3H3/q+1. The van der Waals surface area contributed by atoms with E-state index in [-0.39, 0.29) is 0 Å². The molecular weight excluding hydrogens is 124 g/mol. The van der Waals surface area contributed by atoms with Crippen LogP contribution in [0.25, 0.3) is 0 Å². The quantitative estimate of drug-likeness (QED) is 0.395. The molecule has 0 atom stereocenters. The Bertz CT molecular complexity index is 130. The molecule has 58 valence electrons. The Hall–Kier alpha value is -0.370. The molecule has 10 heavy (non-hydrogen) atoms. The Kier molecular flexibility index (Phi) is 2.44. The summed E-state index contributed by atoms with van der Waals surface area (Å²) < 4.78 is 2.11. The van der Waals surface area contributed by atoms with Crippen molar-refractivity contribution < 1.29 is 4.58 Å². The van der Waals surface area contributed by atoms with Crippen LogP contribution >= 0.6 is 0 Å². The van der Waals surface area contributed by atoms with Crippen molar-refractivity contribution in [2.24, 2.45) is 5.92 Å². The van der Waals surface area contributed by atoms with Crippen molar-refractivity contribution in [2.45, 2.75) is 6.92 Å². The fourth-order valence-electron chi connectivity index (χ4n) is 1.26. The van der Waals surface area contributed by atoms with Crippen molar-refractivity contribution in [3.8, 4) is 0 Å². The lowest BCUT2D eigenvalue weighted by atomic mass is 10.0. The van der Waals surface area contributed by atoms with Gasteiger partial charge in [-0.25, -0.2) is 4.58 Å². The number of hydrogen-bond donors (Lipinski definition) is 0. The van der Waals surface area contributed by atoms with Gasteiger partial charge in [-0.05, 0) is 5.92 Å². The molecule has 2 heteroatoms. The summed E-state index contributed by atoms with van der Waals surface area (Å²) in [5.74, 6) is 0.926. The monoisotopic (exact) mass is 141 g/mol. The Morgan fingerprint density at radius 1 is 1.50 bits per heavy atom. The second kappa shape index (κ2) is 3.15. The largest absolute Gasteiger partial charge is 0.294 e. The lowest BCUT2D eigenvalue weighted by Crippen LogP contribution is -2.46. The van der Waals surface area contributed by atoms with Crippen molar-refractivity contribution in [1.82, 2.24) is 4.90 Å². The van der Waals surface area contributed by atoms with Gasteiger partial charge in [0.15, 0.2) is 6.21 Å². The van der Waals surface area contributed by atoms with Gasteiger partial charge < -0.3 is 0 Å². The van der Waals surface area contributed by atoms with Crippen LogP contribution in [0, 0.1) is 5.92 Å². The van der Waals surface area contributed by atoms with E-state index in [1.807, 2.05) is 0 Å². The van der Waals surface area contributed by atoms with Gasteiger partial charge in [-0.1, -0.05) is 6.92 Å². The number of rotatable bonds is 2. The molecule has 1 saturated heterocycles. The molecule has 0 aromatic rings. The fraction of sp³-hybridized carbons (Fsp3) is 0.875. The van der Waals surface area contributed by atoms with Gasteiger partial charge >= 0.3 is 0 Å². The summed E-state index contributed by atoms with van der Waals surface area (Å²) in [6, 6.07) is 0. The van der Waals surface area contributed by atoms with E-state index in [2.05, 4.69) is 36.7 Å². The fourth-order valence-corrected chi connectivity index (χ4v) is 1.26. The van der Waals surface area contributed by atoms with Crippen LogP contribution in [0.2, 0.25) is 0 Å². The second-order valence-electron chi connectivity index (χ2n) is 3.47. The molecule has 0 radical (unpaired) electrons. The zero-order valence-corrected chi connectivity index (χ0v) is 7.17. The molecular formula is C8H17N2+. The van der Waals surface area contributed by atoms with Crippen molar-refractivity contribution >= 4 is 6.21 Å². The summed E-state index contributed by atoms with van der Waals surface area (Å²) in [5.41, 5.74) is 0. The van der Waals surface area contributed by atoms with Crippen LogP contribution in [0.15, 0.2) is 0 Å². The minimum Gasteiger partial charge on any atom is -0.294 e. The molecule has 0 saturated carbocycles. The molecule has 0 spiro atoms. The van der Waals surface area contributed by atoms with Crippen LogP contribution in [-0.4, -0.2) is 49.4 Å². The zero-order chi connectivity index (χ0) is 7.56. The topological polar surface area (TPSA) is 6.25 Å². The maximum Gasteiger partial charge on any atom is 0.153 e. The summed E-state index contributed by atoms with van der Waals surface area (Å²) in [6.07, 6.45) is 2.21. The minimum atomic E-state index is 0.926. The Morgan fingerprint density at radius 3 is 2.50 bits per heavy atom. The first-order valence-electron chi connectivity index (χ1n) is 3.90. The highest BCUT2D eigenvalue weighted by atomic mass is 15.2. The Labute approximate surface area is 63.2 Å². The smallest absolute Gasteiger partial charge is 0.153 e. The van der Waals surface area contributed by atoms with E-state index >= 15 is 0 Å². The van der Waals surface area contributed by atoms with Gasteiger partial charge in [-0.15, -0.1) is 0 Å². The maximum absolute atomic E-state index is 2.45. The molecule has 0 bridgehead atoms. The normalized spacial score (nSPS) is 20.3. The van der Waals surface area contributed by atoms with E-state index in [4.69, 9.17) is 0 Å². The van der Waals surface area contributed by atoms with E-state index in [1.165, 1.54) is 13.1 Å². The molecule has 0 aliphatic carbocycles. The third-order valence-electron chi connectivity index (χ3n) is 1.84. The molecule has 1 fully saturated rings. The van der Waals surface area contributed by atoms with E-state index in [0.717, 1.165) is 12.5 Å². The first-order chi connectivity index (χ1) is 4.68. The van der Waals surface area contributed by atoms with Crippen LogP contribution in [0.3, 0.4) is 0 Å². The average molecular weight is 141 g/mol. The predicted octanol–water partition coefficient (Wildman–Crippen LogP) is 0.281. The average Bonchev–Trinajstić information content (AvgIpc) is 1.77. The molecule has 1 rings (SSSR count). The summed E-state index contributed by atoms with van der Waals surface area (Å²) in [5, 5.41) is 0. The van der Waals surface area contributed by atoms with Gasteiger partial charge in [0.1, 0.15) is 14.1 Å². The number of hydrogen-bond acceptors (Lipinski definition) is 1. The molecule has 0 amide bonds. The first-order valence-corrected chi connectivity index (χ1v) is 3.90.